The number of carbonyl (C=O) groups is 2. The number of aromatic amines is 2. The van der Waals surface area contributed by atoms with Crippen molar-refractivity contribution in [2.75, 3.05) is 13.1 Å². The lowest BCUT2D eigenvalue weighted by atomic mass is 10.1. The number of nitrogens with one attached hydrogen (secondary N) is 4. The van der Waals surface area contributed by atoms with Gasteiger partial charge in [-0.1, -0.05) is 36.4 Å². The van der Waals surface area contributed by atoms with Crippen LogP contribution in [-0.2, 0) is 22.4 Å². The van der Waals surface area contributed by atoms with Crippen molar-refractivity contribution >= 4 is 33.6 Å². The van der Waals surface area contributed by atoms with Gasteiger partial charge in [-0.05, 0) is 48.9 Å². The van der Waals surface area contributed by atoms with Gasteiger partial charge in [-0.25, -0.2) is 0 Å². The highest BCUT2D eigenvalue weighted by molar-refractivity contribution is 5.84. The molecule has 166 valence electrons. The molecule has 0 spiro atoms. The van der Waals surface area contributed by atoms with Gasteiger partial charge >= 0.3 is 0 Å². The highest BCUT2D eigenvalue weighted by Crippen LogP contribution is 2.20. The molecule has 0 radical (unpaired) electrons. The third-order valence-corrected chi connectivity index (χ3v) is 5.82. The van der Waals surface area contributed by atoms with E-state index in [0.717, 1.165) is 36.7 Å². The summed E-state index contributed by atoms with van der Waals surface area (Å²) in [6, 6.07) is 16.4. The van der Waals surface area contributed by atoms with Crippen molar-refractivity contribution in [3.63, 3.8) is 0 Å². The van der Waals surface area contributed by atoms with E-state index in [1.807, 2.05) is 36.7 Å². The number of aryl methyl sites for hydroxylation is 2. The predicted octanol–water partition coefficient (Wildman–Crippen LogP) is 4.23. The Morgan fingerprint density at radius 3 is 1.56 bits per heavy atom. The molecular formula is C26H30N4O2. The number of para-hydroxylation sites is 2. The van der Waals surface area contributed by atoms with Crippen molar-refractivity contribution in [3.8, 4) is 0 Å². The van der Waals surface area contributed by atoms with Crippen LogP contribution in [0.1, 0.15) is 36.8 Å². The second-order valence-electron chi connectivity index (χ2n) is 8.13. The van der Waals surface area contributed by atoms with Crippen LogP contribution in [0.5, 0.6) is 0 Å². The zero-order valence-electron chi connectivity index (χ0n) is 18.2. The minimum absolute atomic E-state index is 0.0263. The predicted molar refractivity (Wildman–Crippen MR) is 128 cm³/mol. The second kappa shape index (κ2) is 10.7. The topological polar surface area (TPSA) is 89.8 Å². The van der Waals surface area contributed by atoms with Crippen LogP contribution in [0.3, 0.4) is 0 Å². The number of hydrogen-bond donors (Lipinski definition) is 4. The van der Waals surface area contributed by atoms with Crippen LogP contribution in [0.25, 0.3) is 21.8 Å². The van der Waals surface area contributed by atoms with Crippen molar-refractivity contribution in [3.05, 3.63) is 72.1 Å². The lowest BCUT2D eigenvalue weighted by Gasteiger charge is -2.07. The fraction of sp³-hybridized carbons (Fsp3) is 0.308. The van der Waals surface area contributed by atoms with Crippen LogP contribution in [0.15, 0.2) is 60.9 Å². The minimum atomic E-state index is 0.0263. The van der Waals surface area contributed by atoms with Gasteiger partial charge in [-0.2, -0.15) is 0 Å². The van der Waals surface area contributed by atoms with E-state index >= 15 is 0 Å². The van der Waals surface area contributed by atoms with Crippen LogP contribution in [0.2, 0.25) is 0 Å². The summed E-state index contributed by atoms with van der Waals surface area (Å²) in [4.78, 5) is 30.6. The standard InChI is InChI=1S/C26H30N4O2/c31-25(13-5-7-19-17-29-23-11-3-1-9-21(19)23)27-15-16-28-26(32)14-6-8-20-18-30-24-12-4-2-10-22(20)24/h1-4,9-12,17-18,29-30H,5-8,13-16H2,(H,27,31)(H,28,32). The van der Waals surface area contributed by atoms with E-state index in [2.05, 4.69) is 44.9 Å². The SMILES string of the molecule is O=C(CCCc1c[nH]c2ccccc12)NCCNC(=O)CCCc1c[nH]c2ccccc12. The van der Waals surface area contributed by atoms with E-state index in [1.54, 1.807) is 0 Å². The van der Waals surface area contributed by atoms with Gasteiger partial charge in [0.1, 0.15) is 0 Å². The molecule has 2 aromatic heterocycles. The van der Waals surface area contributed by atoms with Crippen molar-refractivity contribution in [1.82, 2.24) is 20.6 Å². The summed E-state index contributed by atoms with van der Waals surface area (Å²) in [5.41, 5.74) is 4.75. The van der Waals surface area contributed by atoms with Crippen LogP contribution >= 0.6 is 0 Å². The van der Waals surface area contributed by atoms with E-state index in [1.165, 1.54) is 21.9 Å². The Bertz CT molecular complexity index is 1100. The fourth-order valence-corrected chi connectivity index (χ4v) is 4.14. The molecule has 32 heavy (non-hydrogen) atoms. The molecule has 4 aromatic rings. The normalized spacial score (nSPS) is 11.1. The van der Waals surface area contributed by atoms with Crippen molar-refractivity contribution in [2.24, 2.45) is 0 Å². The zero-order valence-corrected chi connectivity index (χ0v) is 18.2. The first kappa shape index (κ1) is 21.7. The van der Waals surface area contributed by atoms with E-state index in [0.29, 0.717) is 25.9 Å². The Kier molecular flexibility index (Phi) is 7.23. The first-order valence-corrected chi connectivity index (χ1v) is 11.3. The summed E-state index contributed by atoms with van der Waals surface area (Å²) in [5.74, 6) is 0.0526. The van der Waals surface area contributed by atoms with Gasteiger partial charge in [0.15, 0.2) is 0 Å². The lowest BCUT2D eigenvalue weighted by molar-refractivity contribution is -0.123. The molecule has 0 aliphatic heterocycles. The number of aromatic nitrogens is 2. The highest BCUT2D eigenvalue weighted by Gasteiger charge is 2.07. The minimum Gasteiger partial charge on any atom is -0.361 e. The van der Waals surface area contributed by atoms with Gasteiger partial charge in [-0.3, -0.25) is 9.59 Å². The maximum Gasteiger partial charge on any atom is 0.220 e. The van der Waals surface area contributed by atoms with Crippen molar-refractivity contribution in [2.45, 2.75) is 38.5 Å². The van der Waals surface area contributed by atoms with Crippen LogP contribution in [-0.4, -0.2) is 34.9 Å². The van der Waals surface area contributed by atoms with E-state index in [4.69, 9.17) is 0 Å². The monoisotopic (exact) mass is 430 g/mol. The molecule has 6 nitrogen and oxygen atoms in total. The quantitative estimate of drug-likeness (QED) is 0.268. The molecule has 2 heterocycles. The molecule has 4 N–H and O–H groups in total. The van der Waals surface area contributed by atoms with E-state index in [9.17, 15) is 9.59 Å². The molecular weight excluding hydrogens is 400 g/mol. The van der Waals surface area contributed by atoms with E-state index < -0.39 is 0 Å². The Morgan fingerprint density at radius 2 is 1.09 bits per heavy atom. The van der Waals surface area contributed by atoms with Gasteiger partial charge in [0, 0.05) is 60.1 Å². The number of hydrogen-bond acceptors (Lipinski definition) is 2. The molecule has 0 saturated carbocycles. The van der Waals surface area contributed by atoms with Gasteiger partial charge in [-0.15, -0.1) is 0 Å². The van der Waals surface area contributed by atoms with Gasteiger partial charge in [0.05, 0.1) is 0 Å². The molecule has 6 heteroatoms. The average molecular weight is 431 g/mol. The Labute approximate surface area is 187 Å². The van der Waals surface area contributed by atoms with Crippen LogP contribution in [0.4, 0.5) is 0 Å². The molecule has 4 rings (SSSR count). The summed E-state index contributed by atoms with van der Waals surface area (Å²) >= 11 is 0. The smallest absolute Gasteiger partial charge is 0.220 e. The molecule has 0 saturated heterocycles. The number of amides is 2. The number of carbonyl (C=O) groups excluding carboxylic acids is 2. The molecule has 0 bridgehead atoms. The highest BCUT2D eigenvalue weighted by atomic mass is 16.2. The number of benzene rings is 2. The van der Waals surface area contributed by atoms with Gasteiger partial charge in [0.2, 0.25) is 11.8 Å². The zero-order chi connectivity index (χ0) is 22.2. The molecule has 0 aliphatic carbocycles. The summed E-state index contributed by atoms with van der Waals surface area (Å²) in [7, 11) is 0. The van der Waals surface area contributed by atoms with Gasteiger partial charge < -0.3 is 20.6 Å². The molecule has 0 aliphatic rings. The number of fused-ring (bicyclic) bond motifs is 2. The van der Waals surface area contributed by atoms with Gasteiger partial charge in [0.25, 0.3) is 0 Å². The molecule has 0 unspecified atom stereocenters. The first-order valence-electron chi connectivity index (χ1n) is 11.3. The third kappa shape index (κ3) is 5.58. The van der Waals surface area contributed by atoms with Crippen LogP contribution in [0, 0.1) is 0 Å². The average Bonchev–Trinajstić information content (AvgIpc) is 3.41. The number of rotatable bonds is 11. The van der Waals surface area contributed by atoms with E-state index in [-0.39, 0.29) is 11.8 Å². The molecule has 0 atom stereocenters. The molecule has 2 aromatic carbocycles. The number of H-pyrrole nitrogens is 2. The summed E-state index contributed by atoms with van der Waals surface area (Å²) in [5, 5.41) is 8.22. The van der Waals surface area contributed by atoms with Crippen molar-refractivity contribution in [1.29, 1.82) is 0 Å². The Balaban J connectivity index is 1.07. The lowest BCUT2D eigenvalue weighted by Crippen LogP contribution is -2.34. The summed E-state index contributed by atoms with van der Waals surface area (Å²) in [6.07, 6.45) is 8.35. The fourth-order valence-electron chi connectivity index (χ4n) is 4.14. The molecule has 0 fully saturated rings. The molecule has 2 amide bonds. The largest absolute Gasteiger partial charge is 0.361 e. The first-order chi connectivity index (χ1) is 15.7. The second-order valence-corrected chi connectivity index (χ2v) is 8.13. The maximum absolute atomic E-state index is 12.1. The van der Waals surface area contributed by atoms with Crippen LogP contribution < -0.4 is 10.6 Å². The van der Waals surface area contributed by atoms with Crippen molar-refractivity contribution < 1.29 is 9.59 Å². The maximum atomic E-state index is 12.1. The summed E-state index contributed by atoms with van der Waals surface area (Å²) < 4.78 is 0. The summed E-state index contributed by atoms with van der Waals surface area (Å²) in [6.45, 7) is 0.917. The third-order valence-electron chi connectivity index (χ3n) is 5.82. The Hall–Kier alpha value is -3.54. The Morgan fingerprint density at radius 1 is 0.656 bits per heavy atom.